The van der Waals surface area contributed by atoms with E-state index in [1.54, 1.807) is 25.3 Å². The molecular formula is C19H21NO5. The molecule has 6 nitrogen and oxygen atoms in total. The van der Waals surface area contributed by atoms with Gasteiger partial charge in [0.25, 0.3) is 5.91 Å². The Morgan fingerprint density at radius 3 is 2.68 bits per heavy atom. The molecular weight excluding hydrogens is 322 g/mol. The van der Waals surface area contributed by atoms with Crippen LogP contribution in [0.2, 0.25) is 0 Å². The summed E-state index contributed by atoms with van der Waals surface area (Å²) < 4.78 is 10.4. The lowest BCUT2D eigenvalue weighted by Gasteiger charge is -2.09. The summed E-state index contributed by atoms with van der Waals surface area (Å²) in [4.78, 5) is 22.7. The molecule has 25 heavy (non-hydrogen) atoms. The molecule has 0 saturated heterocycles. The predicted octanol–water partition coefficient (Wildman–Crippen LogP) is 2.44. The van der Waals surface area contributed by atoms with E-state index < -0.39 is 12.6 Å². The second kappa shape index (κ2) is 8.73. The highest BCUT2D eigenvalue weighted by molar-refractivity contribution is 5.94. The van der Waals surface area contributed by atoms with Gasteiger partial charge in [0.15, 0.2) is 6.61 Å². The minimum atomic E-state index is -1.07. The van der Waals surface area contributed by atoms with Crippen LogP contribution in [0.4, 0.5) is 0 Å². The van der Waals surface area contributed by atoms with Crippen LogP contribution in [0.15, 0.2) is 42.5 Å². The molecule has 0 radical (unpaired) electrons. The number of methoxy groups -OCH3 is 1. The van der Waals surface area contributed by atoms with Gasteiger partial charge in [0.1, 0.15) is 11.5 Å². The predicted molar refractivity (Wildman–Crippen MR) is 93.3 cm³/mol. The van der Waals surface area contributed by atoms with Crippen molar-refractivity contribution in [3.05, 3.63) is 59.2 Å². The van der Waals surface area contributed by atoms with Gasteiger partial charge in [0.2, 0.25) is 0 Å². The minimum Gasteiger partial charge on any atom is -0.496 e. The van der Waals surface area contributed by atoms with Gasteiger partial charge in [-0.15, -0.1) is 0 Å². The van der Waals surface area contributed by atoms with Gasteiger partial charge in [0.05, 0.1) is 7.11 Å². The van der Waals surface area contributed by atoms with Crippen LogP contribution in [0.1, 0.15) is 21.5 Å². The van der Waals surface area contributed by atoms with E-state index in [9.17, 15) is 9.59 Å². The van der Waals surface area contributed by atoms with Gasteiger partial charge in [-0.2, -0.15) is 0 Å². The van der Waals surface area contributed by atoms with Crippen LogP contribution >= 0.6 is 0 Å². The molecule has 2 N–H and O–H groups in total. The molecule has 6 heteroatoms. The number of hydrogen-bond acceptors (Lipinski definition) is 4. The van der Waals surface area contributed by atoms with E-state index in [4.69, 9.17) is 14.6 Å². The van der Waals surface area contributed by atoms with E-state index in [0.29, 0.717) is 24.3 Å². The zero-order valence-electron chi connectivity index (χ0n) is 14.2. The molecule has 0 atom stereocenters. The Morgan fingerprint density at radius 2 is 1.96 bits per heavy atom. The van der Waals surface area contributed by atoms with Crippen LogP contribution in [-0.2, 0) is 11.2 Å². The average molecular weight is 343 g/mol. The van der Waals surface area contributed by atoms with Gasteiger partial charge in [-0.25, -0.2) is 4.79 Å². The first kappa shape index (κ1) is 18.3. The number of carbonyl (C=O) groups excluding carboxylic acids is 1. The van der Waals surface area contributed by atoms with Gasteiger partial charge in [-0.05, 0) is 48.7 Å². The Bertz CT molecular complexity index is 757. The molecule has 0 aliphatic rings. The Hall–Kier alpha value is -3.02. The number of nitrogens with one attached hydrogen (secondary N) is 1. The molecule has 2 aromatic carbocycles. The van der Waals surface area contributed by atoms with Crippen molar-refractivity contribution in [1.82, 2.24) is 5.32 Å². The third-order valence-corrected chi connectivity index (χ3v) is 3.63. The number of ether oxygens (including phenoxy) is 2. The highest BCUT2D eigenvalue weighted by Gasteiger charge is 2.08. The van der Waals surface area contributed by atoms with Crippen molar-refractivity contribution >= 4 is 11.9 Å². The first-order valence-electron chi connectivity index (χ1n) is 7.86. The zero-order valence-corrected chi connectivity index (χ0v) is 14.2. The van der Waals surface area contributed by atoms with Crippen molar-refractivity contribution in [3.8, 4) is 11.5 Å². The second-order valence-corrected chi connectivity index (χ2v) is 5.52. The summed E-state index contributed by atoms with van der Waals surface area (Å²) in [5.41, 5.74) is 2.55. The number of amides is 1. The first-order chi connectivity index (χ1) is 12.0. The van der Waals surface area contributed by atoms with Crippen molar-refractivity contribution in [1.29, 1.82) is 0 Å². The molecule has 0 aromatic heterocycles. The van der Waals surface area contributed by atoms with E-state index in [-0.39, 0.29) is 5.91 Å². The molecule has 0 spiro atoms. The molecule has 0 bridgehead atoms. The van der Waals surface area contributed by atoms with Crippen LogP contribution in [0, 0.1) is 6.92 Å². The lowest BCUT2D eigenvalue weighted by atomic mass is 10.1. The SMILES string of the molecule is COc1cc(CCNC(=O)c2cccc(OCC(=O)O)c2)ccc1C. The van der Waals surface area contributed by atoms with E-state index in [2.05, 4.69) is 5.32 Å². The van der Waals surface area contributed by atoms with Crippen LogP contribution in [0.5, 0.6) is 11.5 Å². The Balaban J connectivity index is 1.90. The Morgan fingerprint density at radius 1 is 1.16 bits per heavy atom. The summed E-state index contributed by atoms with van der Waals surface area (Å²) in [5, 5.41) is 11.5. The van der Waals surface area contributed by atoms with Crippen molar-refractivity contribution < 1.29 is 24.2 Å². The van der Waals surface area contributed by atoms with Crippen molar-refractivity contribution in [2.45, 2.75) is 13.3 Å². The van der Waals surface area contributed by atoms with Gasteiger partial charge >= 0.3 is 5.97 Å². The number of aliphatic carboxylic acids is 1. The highest BCUT2D eigenvalue weighted by Crippen LogP contribution is 2.19. The molecule has 0 saturated carbocycles. The zero-order chi connectivity index (χ0) is 18.2. The van der Waals surface area contributed by atoms with Crippen molar-refractivity contribution in [2.75, 3.05) is 20.3 Å². The molecule has 0 aliphatic heterocycles. The monoisotopic (exact) mass is 343 g/mol. The van der Waals surface area contributed by atoms with E-state index in [1.807, 2.05) is 25.1 Å². The van der Waals surface area contributed by atoms with Crippen LogP contribution in [0.3, 0.4) is 0 Å². The summed E-state index contributed by atoms with van der Waals surface area (Å²) in [5.74, 6) is -0.131. The normalized spacial score (nSPS) is 10.2. The van der Waals surface area contributed by atoms with Gasteiger partial charge in [-0.1, -0.05) is 18.2 Å². The number of rotatable bonds is 8. The fourth-order valence-electron chi connectivity index (χ4n) is 2.31. The topological polar surface area (TPSA) is 84.9 Å². The van der Waals surface area contributed by atoms with Gasteiger partial charge < -0.3 is 19.9 Å². The number of carboxylic acid groups (broad SMARTS) is 1. The summed E-state index contributed by atoms with van der Waals surface area (Å²) in [6, 6.07) is 12.4. The van der Waals surface area contributed by atoms with Crippen LogP contribution < -0.4 is 14.8 Å². The molecule has 132 valence electrons. The fraction of sp³-hybridized carbons (Fsp3) is 0.263. The van der Waals surface area contributed by atoms with Crippen LogP contribution in [0.25, 0.3) is 0 Å². The smallest absolute Gasteiger partial charge is 0.341 e. The Kier molecular flexibility index (Phi) is 6.39. The summed E-state index contributed by atoms with van der Waals surface area (Å²) in [7, 11) is 1.63. The largest absolute Gasteiger partial charge is 0.496 e. The van der Waals surface area contributed by atoms with E-state index >= 15 is 0 Å². The second-order valence-electron chi connectivity index (χ2n) is 5.52. The maximum atomic E-state index is 12.2. The van der Waals surface area contributed by atoms with E-state index in [0.717, 1.165) is 16.9 Å². The fourth-order valence-corrected chi connectivity index (χ4v) is 2.31. The molecule has 2 aromatic rings. The standard InChI is InChI=1S/C19H21NO5/c1-13-6-7-14(10-17(13)24-2)8-9-20-19(23)15-4-3-5-16(11-15)25-12-18(21)22/h3-7,10-11H,8-9,12H2,1-2H3,(H,20,23)(H,21,22). The third kappa shape index (κ3) is 5.53. The Labute approximate surface area is 146 Å². The number of hydrogen-bond donors (Lipinski definition) is 2. The molecule has 0 fully saturated rings. The number of aryl methyl sites for hydroxylation is 1. The summed E-state index contributed by atoms with van der Waals surface area (Å²) in [6.45, 7) is 2.01. The molecule has 0 heterocycles. The maximum Gasteiger partial charge on any atom is 0.341 e. The van der Waals surface area contributed by atoms with Crippen LogP contribution in [-0.4, -0.2) is 37.2 Å². The number of carbonyl (C=O) groups is 2. The van der Waals surface area contributed by atoms with Crippen molar-refractivity contribution in [3.63, 3.8) is 0 Å². The lowest BCUT2D eigenvalue weighted by Crippen LogP contribution is -2.25. The quantitative estimate of drug-likeness (QED) is 0.769. The van der Waals surface area contributed by atoms with Gasteiger partial charge in [-0.3, -0.25) is 4.79 Å². The van der Waals surface area contributed by atoms with Gasteiger partial charge in [0, 0.05) is 12.1 Å². The first-order valence-corrected chi connectivity index (χ1v) is 7.86. The van der Waals surface area contributed by atoms with Crippen molar-refractivity contribution in [2.24, 2.45) is 0 Å². The lowest BCUT2D eigenvalue weighted by molar-refractivity contribution is -0.139. The molecule has 1 amide bonds. The third-order valence-electron chi connectivity index (χ3n) is 3.63. The molecule has 0 unspecified atom stereocenters. The maximum absolute atomic E-state index is 12.2. The minimum absolute atomic E-state index is 0.236. The highest BCUT2D eigenvalue weighted by atomic mass is 16.5. The molecule has 2 rings (SSSR count). The van der Waals surface area contributed by atoms with E-state index in [1.165, 1.54) is 6.07 Å². The average Bonchev–Trinajstić information content (AvgIpc) is 2.61. The number of benzene rings is 2. The molecule has 0 aliphatic carbocycles. The number of carboxylic acids is 1. The summed E-state index contributed by atoms with van der Waals surface area (Å²) >= 11 is 0. The summed E-state index contributed by atoms with van der Waals surface area (Å²) in [6.07, 6.45) is 0.678.